The molecule has 1 N–H and O–H groups in total. The van der Waals surface area contributed by atoms with E-state index in [-0.39, 0.29) is 5.82 Å². The number of hydrogen-bond acceptors (Lipinski definition) is 5. The predicted octanol–water partition coefficient (Wildman–Crippen LogP) is 0.944. The highest BCUT2D eigenvalue weighted by Gasteiger charge is 2.21. The van der Waals surface area contributed by atoms with Gasteiger partial charge in [-0.15, -0.1) is 0 Å². The van der Waals surface area contributed by atoms with Gasteiger partial charge in [-0.05, 0) is 20.8 Å². The molecule has 0 aliphatic heterocycles. The lowest BCUT2D eigenvalue weighted by Crippen LogP contribution is -2.13. The van der Waals surface area contributed by atoms with Crippen molar-refractivity contribution in [1.82, 2.24) is 9.97 Å². The Labute approximate surface area is 95.5 Å². The molecule has 90 valence electrons. The lowest BCUT2D eigenvalue weighted by molar-refractivity contribution is 0.197. The average molecular weight is 244 g/mol. The molecule has 1 aromatic heterocycles. The summed E-state index contributed by atoms with van der Waals surface area (Å²) in [7, 11) is -3.19. The lowest BCUT2D eigenvalue weighted by atomic mass is 10.1. The van der Waals surface area contributed by atoms with Crippen LogP contribution in [-0.2, 0) is 9.84 Å². The molecule has 0 spiro atoms. The normalized spacial score (nSPS) is 15.8. The summed E-state index contributed by atoms with van der Waals surface area (Å²) in [4.78, 5) is 8.09. The first-order valence-corrected chi connectivity index (χ1v) is 6.89. The van der Waals surface area contributed by atoms with Crippen LogP contribution >= 0.6 is 0 Å². The monoisotopic (exact) mass is 244 g/mol. The number of rotatable bonds is 3. The largest absolute Gasteiger partial charge is 0.389 e. The predicted molar refractivity (Wildman–Crippen MR) is 60.7 cm³/mol. The van der Waals surface area contributed by atoms with Crippen LogP contribution < -0.4 is 0 Å². The SMILES string of the molecule is Cc1nc(C(C)S(C)(=O)=O)ncc1[C@@H](C)O. The van der Waals surface area contributed by atoms with Crippen molar-refractivity contribution in [2.75, 3.05) is 6.26 Å². The topological polar surface area (TPSA) is 80.2 Å². The summed E-state index contributed by atoms with van der Waals surface area (Å²) in [5.41, 5.74) is 1.22. The van der Waals surface area contributed by atoms with E-state index in [0.29, 0.717) is 11.3 Å². The summed E-state index contributed by atoms with van der Waals surface area (Å²) in [5.74, 6) is 0.268. The van der Waals surface area contributed by atoms with Gasteiger partial charge in [0, 0.05) is 23.7 Å². The first kappa shape index (κ1) is 13.1. The summed E-state index contributed by atoms with van der Waals surface area (Å²) < 4.78 is 22.7. The Balaban J connectivity index is 3.16. The van der Waals surface area contributed by atoms with Gasteiger partial charge in [0.05, 0.1) is 6.10 Å². The average Bonchev–Trinajstić information content (AvgIpc) is 2.14. The zero-order valence-corrected chi connectivity index (χ0v) is 10.6. The molecule has 0 aliphatic carbocycles. The van der Waals surface area contributed by atoms with Gasteiger partial charge >= 0.3 is 0 Å². The van der Waals surface area contributed by atoms with E-state index >= 15 is 0 Å². The van der Waals surface area contributed by atoms with E-state index in [1.807, 2.05) is 0 Å². The Morgan fingerprint density at radius 3 is 2.31 bits per heavy atom. The van der Waals surface area contributed by atoms with Gasteiger partial charge in [-0.2, -0.15) is 0 Å². The highest BCUT2D eigenvalue weighted by Crippen LogP contribution is 2.20. The number of hydrogen-bond donors (Lipinski definition) is 1. The fourth-order valence-corrected chi connectivity index (χ4v) is 1.79. The molecule has 0 aliphatic rings. The molecule has 0 bridgehead atoms. The molecule has 1 unspecified atom stereocenters. The zero-order chi connectivity index (χ0) is 12.5. The molecule has 16 heavy (non-hydrogen) atoms. The van der Waals surface area contributed by atoms with Crippen LogP contribution in [0.4, 0.5) is 0 Å². The molecule has 5 nitrogen and oxygen atoms in total. The summed E-state index contributed by atoms with van der Waals surface area (Å²) >= 11 is 0. The van der Waals surface area contributed by atoms with Crippen molar-refractivity contribution in [1.29, 1.82) is 0 Å². The highest BCUT2D eigenvalue weighted by atomic mass is 32.2. The van der Waals surface area contributed by atoms with Gasteiger partial charge in [0.1, 0.15) is 11.1 Å². The number of aromatic nitrogens is 2. The van der Waals surface area contributed by atoms with Crippen molar-refractivity contribution < 1.29 is 13.5 Å². The maximum absolute atomic E-state index is 11.3. The Kier molecular flexibility index (Phi) is 3.64. The Hall–Kier alpha value is -1.01. The molecule has 0 fully saturated rings. The number of nitrogens with zero attached hydrogens (tertiary/aromatic N) is 2. The van der Waals surface area contributed by atoms with Crippen molar-refractivity contribution in [3.63, 3.8) is 0 Å². The van der Waals surface area contributed by atoms with Crippen LogP contribution in [0.1, 0.15) is 42.3 Å². The first-order valence-electron chi connectivity index (χ1n) is 4.94. The van der Waals surface area contributed by atoms with E-state index in [1.54, 1.807) is 20.8 Å². The quantitative estimate of drug-likeness (QED) is 0.856. The minimum atomic E-state index is -3.19. The van der Waals surface area contributed by atoms with Gasteiger partial charge in [-0.3, -0.25) is 0 Å². The van der Waals surface area contributed by atoms with Crippen LogP contribution in [0.25, 0.3) is 0 Å². The number of aliphatic hydroxyl groups excluding tert-OH is 1. The fourth-order valence-electron chi connectivity index (χ4n) is 1.29. The number of aryl methyl sites for hydroxylation is 1. The molecule has 0 radical (unpaired) electrons. The summed E-state index contributed by atoms with van der Waals surface area (Å²) in [5, 5.41) is 8.67. The molecule has 0 saturated carbocycles. The molecule has 2 atom stereocenters. The number of sulfone groups is 1. The second-order valence-electron chi connectivity index (χ2n) is 3.92. The zero-order valence-electron chi connectivity index (χ0n) is 9.80. The summed E-state index contributed by atoms with van der Waals surface area (Å²) in [6, 6.07) is 0. The van der Waals surface area contributed by atoms with Crippen LogP contribution in [0.15, 0.2) is 6.20 Å². The van der Waals surface area contributed by atoms with Crippen LogP contribution in [0.3, 0.4) is 0 Å². The van der Waals surface area contributed by atoms with Crippen LogP contribution in [-0.4, -0.2) is 29.7 Å². The number of aliphatic hydroxyl groups is 1. The molecule has 0 saturated heterocycles. The third-order valence-corrected chi connectivity index (χ3v) is 3.99. The van der Waals surface area contributed by atoms with E-state index in [0.717, 1.165) is 6.26 Å². The third-order valence-electron chi connectivity index (χ3n) is 2.49. The second kappa shape index (κ2) is 4.47. The van der Waals surface area contributed by atoms with Crippen molar-refractivity contribution in [2.45, 2.75) is 32.1 Å². The maximum atomic E-state index is 11.3. The van der Waals surface area contributed by atoms with Gasteiger partial charge in [-0.25, -0.2) is 18.4 Å². The maximum Gasteiger partial charge on any atom is 0.157 e. The van der Waals surface area contributed by atoms with Crippen LogP contribution in [0.2, 0.25) is 0 Å². The highest BCUT2D eigenvalue weighted by molar-refractivity contribution is 7.90. The van der Waals surface area contributed by atoms with Crippen LogP contribution in [0.5, 0.6) is 0 Å². The molecular weight excluding hydrogens is 228 g/mol. The second-order valence-corrected chi connectivity index (χ2v) is 6.28. The van der Waals surface area contributed by atoms with E-state index in [1.165, 1.54) is 6.20 Å². The molecule has 1 heterocycles. The van der Waals surface area contributed by atoms with Crippen molar-refractivity contribution in [3.8, 4) is 0 Å². The Morgan fingerprint density at radius 2 is 1.94 bits per heavy atom. The van der Waals surface area contributed by atoms with Crippen molar-refractivity contribution >= 4 is 9.84 Å². The minimum Gasteiger partial charge on any atom is -0.389 e. The molecule has 1 rings (SSSR count). The summed E-state index contributed by atoms with van der Waals surface area (Å²) in [6.07, 6.45) is 1.98. The third kappa shape index (κ3) is 2.76. The van der Waals surface area contributed by atoms with Gasteiger partial charge in [0.25, 0.3) is 0 Å². The molecule has 1 aromatic rings. The van der Waals surface area contributed by atoms with E-state index in [9.17, 15) is 13.5 Å². The summed E-state index contributed by atoms with van der Waals surface area (Å²) in [6.45, 7) is 4.89. The molecule has 6 heteroatoms. The smallest absolute Gasteiger partial charge is 0.157 e. The first-order chi connectivity index (χ1) is 7.23. The Bertz CT molecular complexity index is 483. The van der Waals surface area contributed by atoms with Crippen molar-refractivity contribution in [2.24, 2.45) is 0 Å². The minimum absolute atomic E-state index is 0.268. The van der Waals surface area contributed by atoms with Crippen LogP contribution in [0, 0.1) is 6.92 Å². The lowest BCUT2D eigenvalue weighted by Gasteiger charge is -2.12. The van der Waals surface area contributed by atoms with Gasteiger partial charge in [0.15, 0.2) is 9.84 Å². The standard InChI is InChI=1S/C10H16N2O3S/c1-6-9(7(2)13)5-11-10(12-6)8(3)16(4,14)15/h5,7-8,13H,1-4H3/t7-,8?/m1/s1. The van der Waals surface area contributed by atoms with E-state index < -0.39 is 21.2 Å². The van der Waals surface area contributed by atoms with Gasteiger partial charge in [-0.1, -0.05) is 0 Å². The Morgan fingerprint density at radius 1 is 1.38 bits per heavy atom. The molecular formula is C10H16N2O3S. The fraction of sp³-hybridized carbons (Fsp3) is 0.600. The van der Waals surface area contributed by atoms with Gasteiger partial charge < -0.3 is 5.11 Å². The van der Waals surface area contributed by atoms with E-state index in [4.69, 9.17) is 0 Å². The molecule has 0 aromatic carbocycles. The van der Waals surface area contributed by atoms with E-state index in [2.05, 4.69) is 9.97 Å². The molecule has 0 amide bonds. The van der Waals surface area contributed by atoms with Gasteiger partial charge in [0.2, 0.25) is 0 Å². The van der Waals surface area contributed by atoms with Crippen molar-refractivity contribution in [3.05, 3.63) is 23.3 Å².